The lowest BCUT2D eigenvalue weighted by Gasteiger charge is -2.06. The highest BCUT2D eigenvalue weighted by Crippen LogP contribution is 2.11. The Balaban J connectivity index is 1.86. The Hall–Kier alpha value is -2.20. The molecule has 4 heteroatoms. The summed E-state index contributed by atoms with van der Waals surface area (Å²) in [5.41, 5.74) is 9.47. The van der Waals surface area contributed by atoms with E-state index >= 15 is 0 Å². The molecule has 0 spiro atoms. The molecular formula is C17H18N2OS. The van der Waals surface area contributed by atoms with Crippen LogP contribution in [0.25, 0.3) is 0 Å². The molecule has 0 atom stereocenters. The van der Waals surface area contributed by atoms with Crippen LogP contribution in [0.2, 0.25) is 0 Å². The van der Waals surface area contributed by atoms with E-state index in [1.54, 1.807) is 24.3 Å². The second kappa shape index (κ2) is 6.99. The molecule has 0 aromatic heterocycles. The van der Waals surface area contributed by atoms with E-state index in [1.165, 1.54) is 11.1 Å². The third-order valence-corrected chi connectivity index (χ3v) is 3.45. The van der Waals surface area contributed by atoms with E-state index in [1.807, 2.05) is 6.92 Å². The largest absolute Gasteiger partial charge is 0.389 e. The smallest absolute Gasteiger partial charge is 0.224 e. The molecule has 108 valence electrons. The number of aryl methyl sites for hydroxylation is 2. The zero-order chi connectivity index (χ0) is 15.2. The van der Waals surface area contributed by atoms with Crippen LogP contribution in [0, 0.1) is 6.92 Å². The summed E-state index contributed by atoms with van der Waals surface area (Å²) >= 11 is 4.89. The molecule has 0 heterocycles. The fourth-order valence-electron chi connectivity index (χ4n) is 1.95. The van der Waals surface area contributed by atoms with Crippen molar-refractivity contribution in [1.29, 1.82) is 0 Å². The number of nitrogens with two attached hydrogens (primary N) is 1. The van der Waals surface area contributed by atoms with E-state index in [-0.39, 0.29) is 5.91 Å². The zero-order valence-electron chi connectivity index (χ0n) is 11.9. The normalized spacial score (nSPS) is 10.1. The second-order valence-electron chi connectivity index (χ2n) is 4.98. The zero-order valence-corrected chi connectivity index (χ0v) is 12.7. The number of nitrogens with one attached hydrogen (secondary N) is 1. The van der Waals surface area contributed by atoms with Gasteiger partial charge in [-0.3, -0.25) is 4.79 Å². The molecule has 0 aliphatic heterocycles. The molecule has 1 amide bonds. The van der Waals surface area contributed by atoms with Gasteiger partial charge in [0, 0.05) is 17.7 Å². The monoisotopic (exact) mass is 298 g/mol. The first kappa shape index (κ1) is 15.2. The van der Waals surface area contributed by atoms with Crippen molar-refractivity contribution in [1.82, 2.24) is 0 Å². The summed E-state index contributed by atoms with van der Waals surface area (Å²) in [4.78, 5) is 12.3. The number of rotatable bonds is 5. The third kappa shape index (κ3) is 4.68. The van der Waals surface area contributed by atoms with Crippen LogP contribution in [0.4, 0.5) is 5.69 Å². The van der Waals surface area contributed by atoms with Crippen LogP contribution < -0.4 is 11.1 Å². The molecule has 3 N–H and O–H groups in total. The van der Waals surface area contributed by atoms with E-state index in [2.05, 4.69) is 29.6 Å². The van der Waals surface area contributed by atoms with Gasteiger partial charge in [-0.15, -0.1) is 0 Å². The minimum absolute atomic E-state index is 0.00125. The van der Waals surface area contributed by atoms with Crippen LogP contribution in [0.3, 0.4) is 0 Å². The number of hydrogen-bond donors (Lipinski definition) is 2. The highest BCUT2D eigenvalue weighted by molar-refractivity contribution is 7.80. The van der Waals surface area contributed by atoms with Crippen LogP contribution in [-0.4, -0.2) is 10.9 Å². The minimum atomic E-state index is -0.00125. The first-order valence-electron chi connectivity index (χ1n) is 6.80. The molecule has 0 radical (unpaired) electrons. The van der Waals surface area contributed by atoms with Gasteiger partial charge in [-0.2, -0.15) is 0 Å². The summed E-state index contributed by atoms with van der Waals surface area (Å²) < 4.78 is 0. The molecule has 2 aromatic rings. The number of benzene rings is 2. The van der Waals surface area contributed by atoms with Crippen LogP contribution in [0.15, 0.2) is 48.5 Å². The number of anilines is 1. The first-order chi connectivity index (χ1) is 10.0. The first-order valence-corrected chi connectivity index (χ1v) is 7.21. The van der Waals surface area contributed by atoms with Crippen molar-refractivity contribution in [2.75, 3.05) is 5.32 Å². The fraction of sp³-hybridized carbons (Fsp3) is 0.176. The molecule has 0 saturated heterocycles. The van der Waals surface area contributed by atoms with Gasteiger partial charge >= 0.3 is 0 Å². The van der Waals surface area contributed by atoms with E-state index in [9.17, 15) is 4.79 Å². The number of carbonyl (C=O) groups excluding carboxylic acids is 1. The van der Waals surface area contributed by atoms with Gasteiger partial charge in [0.1, 0.15) is 4.99 Å². The van der Waals surface area contributed by atoms with Gasteiger partial charge in [0.2, 0.25) is 5.91 Å². The average molecular weight is 298 g/mol. The summed E-state index contributed by atoms with van der Waals surface area (Å²) in [6.45, 7) is 2.05. The molecular weight excluding hydrogens is 280 g/mol. The van der Waals surface area contributed by atoms with E-state index in [4.69, 9.17) is 18.0 Å². The molecule has 0 fully saturated rings. The molecule has 0 saturated carbocycles. The lowest BCUT2D eigenvalue weighted by molar-refractivity contribution is -0.116. The maximum Gasteiger partial charge on any atom is 0.224 e. The van der Waals surface area contributed by atoms with Crippen molar-refractivity contribution < 1.29 is 4.79 Å². The van der Waals surface area contributed by atoms with Crippen molar-refractivity contribution in [3.63, 3.8) is 0 Å². The number of thiocarbonyl (C=S) groups is 1. The predicted molar refractivity (Wildman–Crippen MR) is 90.5 cm³/mol. The molecule has 0 aliphatic carbocycles. The van der Waals surface area contributed by atoms with Gasteiger partial charge in [-0.05, 0) is 43.2 Å². The van der Waals surface area contributed by atoms with Crippen LogP contribution in [0.5, 0.6) is 0 Å². The quantitative estimate of drug-likeness (QED) is 0.833. The van der Waals surface area contributed by atoms with Crippen molar-refractivity contribution in [2.45, 2.75) is 19.8 Å². The maximum atomic E-state index is 11.9. The molecule has 0 bridgehead atoms. The molecule has 3 nitrogen and oxygen atoms in total. The number of carbonyl (C=O) groups is 1. The van der Waals surface area contributed by atoms with Gasteiger partial charge in [-0.1, -0.05) is 42.0 Å². The van der Waals surface area contributed by atoms with Gasteiger partial charge in [-0.25, -0.2) is 0 Å². The van der Waals surface area contributed by atoms with E-state index < -0.39 is 0 Å². The van der Waals surface area contributed by atoms with Crippen LogP contribution in [0.1, 0.15) is 23.1 Å². The van der Waals surface area contributed by atoms with Crippen molar-refractivity contribution in [2.24, 2.45) is 5.73 Å². The van der Waals surface area contributed by atoms with Gasteiger partial charge in [0.15, 0.2) is 0 Å². The molecule has 0 aliphatic rings. The highest BCUT2D eigenvalue weighted by Gasteiger charge is 2.04. The molecule has 2 aromatic carbocycles. The van der Waals surface area contributed by atoms with E-state index in [0.29, 0.717) is 11.4 Å². The Morgan fingerprint density at radius 1 is 1.10 bits per heavy atom. The predicted octanol–water partition coefficient (Wildman–Crippen LogP) is 3.20. The number of hydrogen-bond acceptors (Lipinski definition) is 2. The maximum absolute atomic E-state index is 11.9. The van der Waals surface area contributed by atoms with Crippen molar-refractivity contribution in [3.8, 4) is 0 Å². The van der Waals surface area contributed by atoms with Gasteiger partial charge < -0.3 is 11.1 Å². The third-order valence-electron chi connectivity index (χ3n) is 3.21. The van der Waals surface area contributed by atoms with Crippen LogP contribution >= 0.6 is 12.2 Å². The molecule has 21 heavy (non-hydrogen) atoms. The standard InChI is InChI=1S/C17H18N2OS/c1-12-2-4-13(5-3-12)6-11-16(20)19-15-9-7-14(8-10-15)17(18)21/h2-5,7-10H,6,11H2,1H3,(H2,18,21)(H,19,20). The number of amides is 1. The summed E-state index contributed by atoms with van der Waals surface area (Å²) in [6.07, 6.45) is 1.19. The second-order valence-corrected chi connectivity index (χ2v) is 5.42. The summed E-state index contributed by atoms with van der Waals surface area (Å²) in [5, 5.41) is 2.87. The lowest BCUT2D eigenvalue weighted by Crippen LogP contribution is -2.13. The fourth-order valence-corrected chi connectivity index (χ4v) is 2.09. The lowest BCUT2D eigenvalue weighted by atomic mass is 10.1. The Labute approximate surface area is 130 Å². The van der Waals surface area contributed by atoms with Gasteiger partial charge in [0.05, 0.1) is 0 Å². The van der Waals surface area contributed by atoms with Gasteiger partial charge in [0.25, 0.3) is 0 Å². The topological polar surface area (TPSA) is 55.1 Å². The Kier molecular flexibility index (Phi) is 5.06. The summed E-state index contributed by atoms with van der Waals surface area (Å²) in [6, 6.07) is 15.4. The molecule has 2 rings (SSSR count). The Morgan fingerprint density at radius 3 is 2.29 bits per heavy atom. The van der Waals surface area contributed by atoms with Crippen molar-refractivity contribution >= 4 is 28.8 Å². The Bertz CT molecular complexity index is 633. The highest BCUT2D eigenvalue weighted by atomic mass is 32.1. The average Bonchev–Trinajstić information content (AvgIpc) is 2.47. The SMILES string of the molecule is Cc1ccc(CCC(=O)Nc2ccc(C(N)=S)cc2)cc1. The van der Waals surface area contributed by atoms with Crippen LogP contribution in [-0.2, 0) is 11.2 Å². The minimum Gasteiger partial charge on any atom is -0.389 e. The Morgan fingerprint density at radius 2 is 1.71 bits per heavy atom. The van der Waals surface area contributed by atoms with E-state index in [0.717, 1.165) is 17.7 Å². The summed E-state index contributed by atoms with van der Waals surface area (Å²) in [7, 11) is 0. The van der Waals surface area contributed by atoms with Crippen molar-refractivity contribution in [3.05, 3.63) is 65.2 Å². The summed E-state index contributed by atoms with van der Waals surface area (Å²) in [5.74, 6) is -0.00125. The molecule has 0 unspecified atom stereocenters.